The SMILES string of the molecule is COc1cc(Cc2cncc(Oc3cccc4c(NC(C)=O)cccc34)n2)cc(CO)c1CO. The molecule has 8 nitrogen and oxygen atoms in total. The first-order valence-corrected chi connectivity index (χ1v) is 10.7. The fourth-order valence-electron chi connectivity index (χ4n) is 3.88. The van der Waals surface area contributed by atoms with Crippen LogP contribution in [0.5, 0.6) is 17.4 Å². The zero-order valence-electron chi connectivity index (χ0n) is 18.9. The number of nitrogens with one attached hydrogen (secondary N) is 1. The van der Waals surface area contributed by atoms with Gasteiger partial charge in [0.25, 0.3) is 0 Å². The Balaban J connectivity index is 1.62. The van der Waals surface area contributed by atoms with Gasteiger partial charge in [-0.1, -0.05) is 30.3 Å². The van der Waals surface area contributed by atoms with Crippen LogP contribution >= 0.6 is 0 Å². The number of carbonyl (C=O) groups excluding carboxylic acids is 1. The smallest absolute Gasteiger partial charge is 0.238 e. The molecule has 3 aromatic carbocycles. The van der Waals surface area contributed by atoms with E-state index in [1.807, 2.05) is 48.5 Å². The van der Waals surface area contributed by atoms with Crippen LogP contribution in [-0.2, 0) is 24.4 Å². The quantitative estimate of drug-likeness (QED) is 0.365. The highest BCUT2D eigenvalue weighted by atomic mass is 16.5. The third kappa shape index (κ3) is 4.98. The van der Waals surface area contributed by atoms with Gasteiger partial charge in [0.05, 0.1) is 32.2 Å². The van der Waals surface area contributed by atoms with Crippen molar-refractivity contribution >= 4 is 22.4 Å². The van der Waals surface area contributed by atoms with Crippen LogP contribution in [0.25, 0.3) is 10.8 Å². The number of fused-ring (bicyclic) bond motifs is 1. The molecule has 0 spiro atoms. The first-order valence-electron chi connectivity index (χ1n) is 10.7. The van der Waals surface area contributed by atoms with E-state index in [9.17, 15) is 15.0 Å². The Morgan fingerprint density at radius 1 is 1.00 bits per heavy atom. The Labute approximate surface area is 196 Å². The zero-order valence-corrected chi connectivity index (χ0v) is 18.9. The fraction of sp³-hybridized carbons (Fsp3) is 0.192. The van der Waals surface area contributed by atoms with E-state index in [-0.39, 0.29) is 19.1 Å². The number of ether oxygens (including phenoxy) is 2. The minimum absolute atomic E-state index is 0.148. The van der Waals surface area contributed by atoms with E-state index < -0.39 is 0 Å². The van der Waals surface area contributed by atoms with Crippen molar-refractivity contribution in [2.24, 2.45) is 0 Å². The van der Waals surface area contributed by atoms with Gasteiger partial charge in [-0.25, -0.2) is 4.98 Å². The summed E-state index contributed by atoms with van der Waals surface area (Å²) in [4.78, 5) is 20.4. The lowest BCUT2D eigenvalue weighted by Gasteiger charge is -2.14. The van der Waals surface area contributed by atoms with Crippen molar-refractivity contribution in [3.8, 4) is 17.4 Å². The normalized spacial score (nSPS) is 10.8. The highest BCUT2D eigenvalue weighted by Crippen LogP contribution is 2.33. The molecule has 0 bridgehead atoms. The molecule has 0 unspecified atom stereocenters. The van der Waals surface area contributed by atoms with Crippen molar-refractivity contribution in [2.75, 3.05) is 12.4 Å². The molecule has 0 saturated carbocycles. The fourth-order valence-corrected chi connectivity index (χ4v) is 3.88. The van der Waals surface area contributed by atoms with Gasteiger partial charge >= 0.3 is 0 Å². The first-order chi connectivity index (χ1) is 16.5. The number of benzene rings is 3. The Hall–Kier alpha value is -4.01. The van der Waals surface area contributed by atoms with E-state index in [0.717, 1.165) is 16.3 Å². The molecule has 1 amide bonds. The molecular weight excluding hydrogens is 434 g/mol. The number of rotatable bonds is 8. The Morgan fingerprint density at radius 3 is 2.53 bits per heavy atom. The molecule has 174 valence electrons. The van der Waals surface area contributed by atoms with Gasteiger partial charge in [0.1, 0.15) is 11.5 Å². The first kappa shape index (κ1) is 23.2. The molecule has 34 heavy (non-hydrogen) atoms. The number of aromatic nitrogens is 2. The molecule has 1 aromatic heterocycles. The van der Waals surface area contributed by atoms with Crippen LogP contribution in [0.3, 0.4) is 0 Å². The lowest BCUT2D eigenvalue weighted by Crippen LogP contribution is -2.06. The summed E-state index contributed by atoms with van der Waals surface area (Å²) in [5.74, 6) is 1.28. The molecule has 0 fully saturated rings. The van der Waals surface area contributed by atoms with Crippen molar-refractivity contribution in [3.63, 3.8) is 0 Å². The van der Waals surface area contributed by atoms with E-state index >= 15 is 0 Å². The molecule has 1 heterocycles. The maximum Gasteiger partial charge on any atom is 0.238 e. The second kappa shape index (κ2) is 10.3. The lowest BCUT2D eigenvalue weighted by molar-refractivity contribution is -0.114. The number of amides is 1. The van der Waals surface area contributed by atoms with E-state index in [0.29, 0.717) is 46.3 Å². The van der Waals surface area contributed by atoms with E-state index in [1.165, 1.54) is 20.2 Å². The summed E-state index contributed by atoms with van der Waals surface area (Å²) in [6.07, 6.45) is 3.62. The number of carbonyl (C=O) groups is 1. The lowest BCUT2D eigenvalue weighted by atomic mass is 10.0. The molecule has 0 saturated heterocycles. The standard InChI is InChI=1S/C26H25N3O5/c1-16(32)28-23-7-3-6-21-20(23)5-4-8-24(21)34-26-13-27-12-19(29-26)10-17-9-18(14-30)22(15-31)25(11-17)33-2/h3-9,11-13,30-31H,10,14-15H2,1-2H3,(H,28,32). The molecule has 4 aromatic rings. The van der Waals surface area contributed by atoms with Gasteiger partial charge in [0.15, 0.2) is 0 Å². The van der Waals surface area contributed by atoms with Gasteiger partial charge in [-0.15, -0.1) is 0 Å². The molecule has 0 aliphatic rings. The van der Waals surface area contributed by atoms with Crippen molar-refractivity contribution in [2.45, 2.75) is 26.6 Å². The largest absolute Gasteiger partial charge is 0.496 e. The van der Waals surface area contributed by atoms with E-state index in [2.05, 4.69) is 15.3 Å². The number of hydrogen-bond donors (Lipinski definition) is 3. The Kier molecular flexibility index (Phi) is 7.01. The number of aliphatic hydroxyl groups is 2. The van der Waals surface area contributed by atoms with Crippen molar-refractivity contribution in [1.29, 1.82) is 0 Å². The van der Waals surface area contributed by atoms with Gasteiger partial charge in [0.2, 0.25) is 11.8 Å². The number of nitrogens with zero attached hydrogens (tertiary/aromatic N) is 2. The predicted octanol–water partition coefficient (Wildman–Crippen LogP) is 3.96. The average molecular weight is 460 g/mol. The van der Waals surface area contributed by atoms with Crippen LogP contribution in [0, 0.1) is 0 Å². The van der Waals surface area contributed by atoms with E-state index in [1.54, 1.807) is 6.20 Å². The van der Waals surface area contributed by atoms with Crippen LogP contribution in [0.15, 0.2) is 60.9 Å². The molecule has 4 rings (SSSR count). The van der Waals surface area contributed by atoms with Gasteiger partial charge in [-0.05, 0) is 29.3 Å². The number of hydrogen-bond acceptors (Lipinski definition) is 7. The third-order valence-electron chi connectivity index (χ3n) is 5.36. The molecule has 3 N–H and O–H groups in total. The number of methoxy groups -OCH3 is 1. The van der Waals surface area contributed by atoms with Gasteiger partial charge in [0, 0.05) is 41.6 Å². The molecule has 0 aliphatic heterocycles. The summed E-state index contributed by atoms with van der Waals surface area (Å²) in [5.41, 5.74) is 3.39. The highest BCUT2D eigenvalue weighted by Gasteiger charge is 2.13. The molecule has 0 aliphatic carbocycles. The summed E-state index contributed by atoms with van der Waals surface area (Å²) in [5, 5.41) is 23.8. The van der Waals surface area contributed by atoms with Gasteiger partial charge < -0.3 is 25.0 Å². The molecular formula is C26H25N3O5. The summed E-state index contributed by atoms with van der Waals surface area (Å²) in [6.45, 7) is 1.03. The van der Waals surface area contributed by atoms with Crippen LogP contribution in [0.4, 0.5) is 5.69 Å². The average Bonchev–Trinajstić information content (AvgIpc) is 2.84. The Morgan fingerprint density at radius 2 is 1.79 bits per heavy atom. The van der Waals surface area contributed by atoms with Crippen molar-refractivity contribution < 1.29 is 24.5 Å². The highest BCUT2D eigenvalue weighted by molar-refractivity contribution is 6.03. The summed E-state index contributed by atoms with van der Waals surface area (Å²) >= 11 is 0. The van der Waals surface area contributed by atoms with Crippen LogP contribution < -0.4 is 14.8 Å². The summed E-state index contributed by atoms with van der Waals surface area (Å²) < 4.78 is 11.4. The van der Waals surface area contributed by atoms with Crippen molar-refractivity contribution in [3.05, 3.63) is 83.3 Å². The summed E-state index contributed by atoms with van der Waals surface area (Å²) in [7, 11) is 1.52. The second-order valence-electron chi connectivity index (χ2n) is 7.72. The maximum atomic E-state index is 11.5. The number of anilines is 1. The van der Waals surface area contributed by atoms with Crippen LogP contribution in [-0.4, -0.2) is 33.2 Å². The minimum atomic E-state index is -0.225. The maximum absolute atomic E-state index is 11.5. The second-order valence-corrected chi connectivity index (χ2v) is 7.72. The van der Waals surface area contributed by atoms with Crippen LogP contribution in [0.1, 0.15) is 29.3 Å². The topological polar surface area (TPSA) is 114 Å². The summed E-state index contributed by atoms with van der Waals surface area (Å²) in [6, 6.07) is 14.8. The van der Waals surface area contributed by atoms with Gasteiger partial charge in [-0.3, -0.25) is 9.78 Å². The molecule has 8 heteroatoms. The monoisotopic (exact) mass is 459 g/mol. The number of aliphatic hydroxyl groups excluding tert-OH is 2. The third-order valence-corrected chi connectivity index (χ3v) is 5.36. The Bertz CT molecular complexity index is 1310. The van der Waals surface area contributed by atoms with Gasteiger partial charge in [-0.2, -0.15) is 0 Å². The zero-order chi connectivity index (χ0) is 24.1. The predicted molar refractivity (Wildman–Crippen MR) is 128 cm³/mol. The molecule has 0 radical (unpaired) electrons. The van der Waals surface area contributed by atoms with E-state index in [4.69, 9.17) is 9.47 Å². The van der Waals surface area contributed by atoms with Crippen LogP contribution in [0.2, 0.25) is 0 Å². The minimum Gasteiger partial charge on any atom is -0.496 e. The van der Waals surface area contributed by atoms with Crippen molar-refractivity contribution in [1.82, 2.24) is 9.97 Å². The molecule has 0 atom stereocenters.